The molecule has 2 N–H and O–H groups in total. The van der Waals surface area contributed by atoms with Gasteiger partial charge in [-0.05, 0) is 55.5 Å². The van der Waals surface area contributed by atoms with Crippen LogP contribution in [0.3, 0.4) is 0 Å². The van der Waals surface area contributed by atoms with Gasteiger partial charge in [-0.2, -0.15) is 13.2 Å². The molecule has 1 amide bonds. The van der Waals surface area contributed by atoms with Gasteiger partial charge in [-0.15, -0.1) is 12.4 Å². The molecule has 2 aliphatic rings. The van der Waals surface area contributed by atoms with Crippen LogP contribution in [0.2, 0.25) is 0 Å². The molecule has 0 bridgehead atoms. The number of carbonyl (C=O) groups is 1. The molecule has 0 unspecified atom stereocenters. The van der Waals surface area contributed by atoms with Crippen molar-refractivity contribution in [3.63, 3.8) is 0 Å². The highest BCUT2D eigenvalue weighted by Crippen LogP contribution is 2.46. The zero-order valence-electron chi connectivity index (χ0n) is 16.6. The number of alkyl halides is 3. The largest absolute Gasteiger partial charge is 0.416 e. The lowest BCUT2D eigenvalue weighted by atomic mass is 9.79. The molecular weight excluding hydrogens is 413 g/mol. The maximum Gasteiger partial charge on any atom is 0.416 e. The monoisotopic (exact) mass is 438 g/mol. The van der Waals surface area contributed by atoms with E-state index in [9.17, 15) is 18.0 Å². The summed E-state index contributed by atoms with van der Waals surface area (Å²) in [5, 5.41) is 0. The van der Waals surface area contributed by atoms with Gasteiger partial charge in [0.15, 0.2) is 0 Å². The molecule has 2 fully saturated rings. The number of fused-ring (bicyclic) bond motifs is 1. The minimum Gasteiger partial charge on any atom is -0.366 e. The lowest BCUT2D eigenvalue weighted by Crippen LogP contribution is -2.43. The van der Waals surface area contributed by atoms with Gasteiger partial charge in [-0.1, -0.05) is 42.8 Å². The molecule has 2 heterocycles. The predicted molar refractivity (Wildman–Crippen MR) is 113 cm³/mol. The van der Waals surface area contributed by atoms with Crippen molar-refractivity contribution in [2.45, 2.75) is 56.3 Å². The maximum absolute atomic E-state index is 14.0. The molecule has 2 aliphatic heterocycles. The number of nitrogens with two attached hydrogens (primary N) is 1. The number of nitrogens with zero attached hydrogens (tertiary/aromatic N) is 1. The Hall–Kier alpha value is -2.05. The van der Waals surface area contributed by atoms with Crippen molar-refractivity contribution in [3.05, 3.63) is 70.8 Å². The van der Waals surface area contributed by atoms with Gasteiger partial charge in [0.2, 0.25) is 5.91 Å². The number of halogens is 4. The number of carbonyl (C=O) groups excluding carboxylic acids is 1. The van der Waals surface area contributed by atoms with E-state index >= 15 is 0 Å². The molecule has 0 aliphatic carbocycles. The number of primary amides is 1. The van der Waals surface area contributed by atoms with Crippen LogP contribution in [0.5, 0.6) is 0 Å². The van der Waals surface area contributed by atoms with E-state index in [1.165, 1.54) is 12.1 Å². The van der Waals surface area contributed by atoms with Crippen LogP contribution in [0.4, 0.5) is 13.2 Å². The second-order valence-electron chi connectivity index (χ2n) is 8.05. The molecule has 4 rings (SSSR count). The van der Waals surface area contributed by atoms with Gasteiger partial charge in [-0.25, -0.2) is 0 Å². The van der Waals surface area contributed by atoms with E-state index in [2.05, 4.69) is 4.90 Å². The molecule has 162 valence electrons. The average molecular weight is 439 g/mol. The molecular formula is C23H26ClF3N2O. The molecule has 3 nitrogen and oxygen atoms in total. The van der Waals surface area contributed by atoms with Crippen molar-refractivity contribution < 1.29 is 18.0 Å². The van der Waals surface area contributed by atoms with Crippen LogP contribution in [0.25, 0.3) is 0 Å². The Morgan fingerprint density at radius 2 is 1.73 bits per heavy atom. The normalized spacial score (nSPS) is 22.8. The fourth-order valence-electron chi connectivity index (χ4n) is 5.26. The molecule has 3 atom stereocenters. The van der Waals surface area contributed by atoms with Crippen LogP contribution in [-0.4, -0.2) is 29.4 Å². The summed E-state index contributed by atoms with van der Waals surface area (Å²) in [4.78, 5) is 14.5. The third-order valence-electron chi connectivity index (χ3n) is 6.43. The summed E-state index contributed by atoms with van der Waals surface area (Å²) in [5.74, 6) is -1.38. The van der Waals surface area contributed by atoms with Crippen molar-refractivity contribution in [1.82, 2.24) is 4.90 Å². The summed E-state index contributed by atoms with van der Waals surface area (Å²) in [6.07, 6.45) is 0.533. The smallest absolute Gasteiger partial charge is 0.366 e. The third-order valence-corrected chi connectivity index (χ3v) is 6.43. The van der Waals surface area contributed by atoms with Crippen LogP contribution < -0.4 is 5.73 Å². The van der Waals surface area contributed by atoms with Gasteiger partial charge < -0.3 is 5.73 Å². The molecule has 0 radical (unpaired) electrons. The van der Waals surface area contributed by atoms with E-state index in [0.717, 1.165) is 50.3 Å². The average Bonchev–Trinajstić information content (AvgIpc) is 3.12. The third kappa shape index (κ3) is 4.21. The standard InChI is InChI=1S/C23H25F3N2O.ClH/c24-23(25,26)18-11-6-10-17(22(27)29)21(18)20(15-7-2-1-3-8-15)19-13-12-16-9-4-5-14-28(16)19;/h1-3,6-8,10-11,16,19-20H,4-5,9,12-14H2,(H2,27,29);1H/t16-,19+,20-;/m1./s1. The summed E-state index contributed by atoms with van der Waals surface area (Å²) < 4.78 is 42.1. The van der Waals surface area contributed by atoms with Crippen LogP contribution in [0, 0.1) is 0 Å². The highest BCUT2D eigenvalue weighted by atomic mass is 35.5. The van der Waals surface area contributed by atoms with Gasteiger partial charge in [0.1, 0.15) is 0 Å². The quantitative estimate of drug-likeness (QED) is 0.697. The molecule has 2 aromatic rings. The van der Waals surface area contributed by atoms with Gasteiger partial charge in [0, 0.05) is 23.6 Å². The summed E-state index contributed by atoms with van der Waals surface area (Å²) in [6.45, 7) is 0.888. The van der Waals surface area contributed by atoms with Crippen molar-refractivity contribution in [2.24, 2.45) is 5.73 Å². The van der Waals surface area contributed by atoms with Crippen LogP contribution in [0.15, 0.2) is 48.5 Å². The first-order valence-electron chi connectivity index (χ1n) is 10.2. The lowest BCUT2D eigenvalue weighted by Gasteiger charge is -2.39. The van der Waals surface area contributed by atoms with E-state index in [4.69, 9.17) is 5.73 Å². The first kappa shape index (κ1) is 22.6. The first-order chi connectivity index (χ1) is 13.9. The van der Waals surface area contributed by atoms with Crippen molar-refractivity contribution in [3.8, 4) is 0 Å². The zero-order chi connectivity index (χ0) is 20.6. The lowest BCUT2D eigenvalue weighted by molar-refractivity contribution is -0.138. The van der Waals surface area contributed by atoms with E-state index in [-0.39, 0.29) is 29.6 Å². The summed E-state index contributed by atoms with van der Waals surface area (Å²) in [5.41, 5.74) is 5.58. The molecule has 7 heteroatoms. The number of rotatable bonds is 4. The zero-order valence-corrected chi connectivity index (χ0v) is 17.4. The second kappa shape index (κ2) is 8.98. The second-order valence-corrected chi connectivity index (χ2v) is 8.05. The molecule has 0 saturated carbocycles. The summed E-state index contributed by atoms with van der Waals surface area (Å²) in [6, 6.07) is 13.3. The van der Waals surface area contributed by atoms with Gasteiger partial charge in [0.25, 0.3) is 0 Å². The minimum atomic E-state index is -4.56. The van der Waals surface area contributed by atoms with Gasteiger partial charge in [-0.3, -0.25) is 9.69 Å². The Balaban J connectivity index is 0.00000256. The van der Waals surface area contributed by atoms with Crippen molar-refractivity contribution >= 4 is 18.3 Å². The fraction of sp³-hybridized carbons (Fsp3) is 0.435. The van der Waals surface area contributed by atoms with E-state index in [1.54, 1.807) is 0 Å². The summed E-state index contributed by atoms with van der Waals surface area (Å²) >= 11 is 0. The number of hydrogen-bond donors (Lipinski definition) is 1. The van der Waals surface area contributed by atoms with E-state index < -0.39 is 23.6 Å². The first-order valence-corrected chi connectivity index (χ1v) is 10.2. The van der Waals surface area contributed by atoms with E-state index in [0.29, 0.717) is 6.04 Å². The Morgan fingerprint density at radius 1 is 1.00 bits per heavy atom. The Morgan fingerprint density at radius 3 is 2.40 bits per heavy atom. The number of piperidine rings is 1. The van der Waals surface area contributed by atoms with E-state index in [1.807, 2.05) is 30.3 Å². The van der Waals surface area contributed by atoms with Crippen LogP contribution in [0.1, 0.15) is 65.1 Å². The fourth-order valence-corrected chi connectivity index (χ4v) is 5.26. The Bertz CT molecular complexity index is 888. The highest BCUT2D eigenvalue weighted by Gasteiger charge is 2.44. The maximum atomic E-state index is 14.0. The van der Waals surface area contributed by atoms with Crippen LogP contribution in [-0.2, 0) is 6.18 Å². The number of benzene rings is 2. The predicted octanol–water partition coefficient (Wildman–Crippen LogP) is 5.37. The molecule has 2 saturated heterocycles. The Labute approximate surface area is 180 Å². The summed E-state index contributed by atoms with van der Waals surface area (Å²) in [7, 11) is 0. The topological polar surface area (TPSA) is 46.3 Å². The van der Waals surface area contributed by atoms with Crippen molar-refractivity contribution in [2.75, 3.05) is 6.54 Å². The van der Waals surface area contributed by atoms with Crippen LogP contribution >= 0.6 is 12.4 Å². The SMILES string of the molecule is Cl.NC(=O)c1cccc(C(F)(F)F)c1[C@H](c1ccccc1)[C@@H]1CC[C@H]2CCCCN21. The molecule has 0 spiro atoms. The van der Waals surface area contributed by atoms with Gasteiger partial charge in [0.05, 0.1) is 5.56 Å². The highest BCUT2D eigenvalue weighted by molar-refractivity contribution is 5.95. The minimum absolute atomic E-state index is 0. The number of amides is 1. The molecule has 30 heavy (non-hydrogen) atoms. The molecule has 2 aromatic carbocycles. The number of hydrogen-bond acceptors (Lipinski definition) is 2. The Kier molecular flexibility index (Phi) is 6.78. The molecule has 0 aromatic heterocycles. The van der Waals surface area contributed by atoms with Gasteiger partial charge >= 0.3 is 6.18 Å². The van der Waals surface area contributed by atoms with Crippen molar-refractivity contribution in [1.29, 1.82) is 0 Å².